The molecule has 1 aliphatic heterocycles. The van der Waals surface area contributed by atoms with Crippen LogP contribution in [0.5, 0.6) is 0 Å². The molecule has 1 fully saturated rings. The van der Waals surface area contributed by atoms with Crippen molar-refractivity contribution in [3.05, 3.63) is 0 Å². The van der Waals surface area contributed by atoms with Crippen LogP contribution in [0.1, 0.15) is 46.5 Å². The summed E-state index contributed by atoms with van der Waals surface area (Å²) in [6, 6.07) is 0.612. The standard InChI is InChI=1S/C13H28N2O/c1-13(2,3)14-8-10-15-9-5-4-6-12(15)7-11-16/h12,14,16H,4-11H2,1-3H3. The number of nitrogens with zero attached hydrogens (tertiary/aromatic N) is 1. The summed E-state index contributed by atoms with van der Waals surface area (Å²) >= 11 is 0. The molecule has 1 aliphatic rings. The molecule has 0 radical (unpaired) electrons. The van der Waals surface area contributed by atoms with E-state index in [0.717, 1.165) is 19.5 Å². The minimum Gasteiger partial charge on any atom is -0.396 e. The topological polar surface area (TPSA) is 35.5 Å². The summed E-state index contributed by atoms with van der Waals surface area (Å²) in [4.78, 5) is 2.54. The first-order chi connectivity index (χ1) is 7.53. The maximum absolute atomic E-state index is 9.05. The number of hydrogen-bond donors (Lipinski definition) is 2. The number of aliphatic hydroxyl groups excluding tert-OH is 1. The lowest BCUT2D eigenvalue weighted by molar-refractivity contribution is 0.118. The molecular weight excluding hydrogens is 200 g/mol. The lowest BCUT2D eigenvalue weighted by atomic mass is 9.99. The van der Waals surface area contributed by atoms with Gasteiger partial charge in [0.25, 0.3) is 0 Å². The van der Waals surface area contributed by atoms with Crippen molar-refractivity contribution in [2.75, 3.05) is 26.2 Å². The summed E-state index contributed by atoms with van der Waals surface area (Å²) in [5.41, 5.74) is 0.211. The van der Waals surface area contributed by atoms with E-state index in [2.05, 4.69) is 31.0 Å². The molecule has 0 aromatic carbocycles. The summed E-state index contributed by atoms with van der Waals surface area (Å²) < 4.78 is 0. The van der Waals surface area contributed by atoms with E-state index in [9.17, 15) is 0 Å². The average molecular weight is 228 g/mol. The highest BCUT2D eigenvalue weighted by Crippen LogP contribution is 2.18. The zero-order chi connectivity index (χ0) is 12.0. The molecule has 1 rings (SSSR count). The molecule has 3 heteroatoms. The highest BCUT2D eigenvalue weighted by atomic mass is 16.3. The van der Waals surface area contributed by atoms with Gasteiger partial charge in [0.1, 0.15) is 0 Å². The quantitative estimate of drug-likeness (QED) is 0.750. The van der Waals surface area contributed by atoms with Crippen LogP contribution in [0.25, 0.3) is 0 Å². The van der Waals surface area contributed by atoms with Crippen molar-refractivity contribution in [2.45, 2.75) is 58.0 Å². The molecule has 1 saturated heterocycles. The number of rotatable bonds is 5. The van der Waals surface area contributed by atoms with Crippen molar-refractivity contribution in [2.24, 2.45) is 0 Å². The molecule has 16 heavy (non-hydrogen) atoms. The summed E-state index contributed by atoms with van der Waals surface area (Å²) in [6.45, 7) is 10.3. The highest BCUT2D eigenvalue weighted by Gasteiger charge is 2.21. The fraction of sp³-hybridized carbons (Fsp3) is 1.00. The normalized spacial score (nSPS) is 23.6. The summed E-state index contributed by atoms with van der Waals surface area (Å²) in [5.74, 6) is 0. The summed E-state index contributed by atoms with van der Waals surface area (Å²) in [5, 5.41) is 12.6. The van der Waals surface area contributed by atoms with Crippen LogP contribution in [-0.4, -0.2) is 47.8 Å². The largest absolute Gasteiger partial charge is 0.396 e. The first-order valence-corrected chi connectivity index (χ1v) is 6.63. The van der Waals surface area contributed by atoms with Crippen molar-refractivity contribution in [3.8, 4) is 0 Å². The Morgan fingerprint density at radius 3 is 2.69 bits per heavy atom. The molecule has 0 aromatic rings. The molecule has 1 heterocycles. The molecule has 0 spiro atoms. The van der Waals surface area contributed by atoms with Crippen LogP contribution >= 0.6 is 0 Å². The minimum atomic E-state index is 0.211. The van der Waals surface area contributed by atoms with E-state index in [1.54, 1.807) is 0 Å². The molecule has 1 atom stereocenters. The van der Waals surface area contributed by atoms with E-state index in [-0.39, 0.29) is 5.54 Å². The number of likely N-dealkylation sites (tertiary alicyclic amines) is 1. The maximum atomic E-state index is 9.05. The molecule has 2 N–H and O–H groups in total. The summed E-state index contributed by atoms with van der Waals surface area (Å²) in [6.07, 6.45) is 4.84. The Kier molecular flexibility index (Phi) is 5.73. The fourth-order valence-electron chi connectivity index (χ4n) is 2.40. The Balaban J connectivity index is 2.27. The molecule has 96 valence electrons. The smallest absolute Gasteiger partial charge is 0.0445 e. The Hall–Kier alpha value is -0.120. The lowest BCUT2D eigenvalue weighted by Crippen LogP contribution is -2.46. The van der Waals surface area contributed by atoms with Gasteiger partial charge in [-0.2, -0.15) is 0 Å². The molecule has 1 unspecified atom stereocenters. The van der Waals surface area contributed by atoms with Crippen molar-refractivity contribution >= 4 is 0 Å². The molecule has 0 saturated carbocycles. The maximum Gasteiger partial charge on any atom is 0.0445 e. The average Bonchev–Trinajstić information content (AvgIpc) is 2.19. The number of nitrogens with one attached hydrogen (secondary N) is 1. The third-order valence-corrected chi connectivity index (χ3v) is 3.27. The molecule has 3 nitrogen and oxygen atoms in total. The predicted octanol–water partition coefficient (Wildman–Crippen LogP) is 1.61. The van der Waals surface area contributed by atoms with Gasteiger partial charge >= 0.3 is 0 Å². The molecule has 0 aromatic heterocycles. The zero-order valence-corrected chi connectivity index (χ0v) is 11.1. The number of aliphatic hydroxyl groups is 1. The second-order valence-corrected chi connectivity index (χ2v) is 5.87. The van der Waals surface area contributed by atoms with Crippen LogP contribution in [0.15, 0.2) is 0 Å². The van der Waals surface area contributed by atoms with E-state index >= 15 is 0 Å². The van der Waals surface area contributed by atoms with Gasteiger partial charge in [0, 0.05) is 31.3 Å². The van der Waals surface area contributed by atoms with Crippen LogP contribution in [-0.2, 0) is 0 Å². The Labute approximate surface area is 100 Å². The van der Waals surface area contributed by atoms with E-state index in [1.807, 2.05) is 0 Å². The van der Waals surface area contributed by atoms with Gasteiger partial charge in [0.15, 0.2) is 0 Å². The van der Waals surface area contributed by atoms with Crippen molar-refractivity contribution in [3.63, 3.8) is 0 Å². The first kappa shape index (κ1) is 13.9. The molecule has 0 aliphatic carbocycles. The number of hydrogen-bond acceptors (Lipinski definition) is 3. The van der Waals surface area contributed by atoms with Crippen LogP contribution < -0.4 is 5.32 Å². The Bertz CT molecular complexity index is 187. The minimum absolute atomic E-state index is 0.211. The van der Waals surface area contributed by atoms with E-state index in [0.29, 0.717) is 12.6 Å². The lowest BCUT2D eigenvalue weighted by Gasteiger charge is -2.36. The van der Waals surface area contributed by atoms with Gasteiger partial charge in [-0.25, -0.2) is 0 Å². The van der Waals surface area contributed by atoms with Crippen molar-refractivity contribution in [1.29, 1.82) is 0 Å². The molecule has 0 amide bonds. The van der Waals surface area contributed by atoms with Gasteiger partial charge in [-0.05, 0) is 46.6 Å². The zero-order valence-electron chi connectivity index (χ0n) is 11.1. The van der Waals surface area contributed by atoms with Gasteiger partial charge in [-0.1, -0.05) is 6.42 Å². The fourth-order valence-corrected chi connectivity index (χ4v) is 2.40. The van der Waals surface area contributed by atoms with Gasteiger partial charge in [-0.3, -0.25) is 4.90 Å². The van der Waals surface area contributed by atoms with Gasteiger partial charge in [-0.15, -0.1) is 0 Å². The predicted molar refractivity (Wildman–Crippen MR) is 68.7 cm³/mol. The summed E-state index contributed by atoms with van der Waals surface area (Å²) in [7, 11) is 0. The van der Waals surface area contributed by atoms with Gasteiger partial charge < -0.3 is 10.4 Å². The van der Waals surface area contributed by atoms with Crippen LogP contribution in [0.4, 0.5) is 0 Å². The monoisotopic (exact) mass is 228 g/mol. The number of piperidine rings is 1. The SMILES string of the molecule is CC(C)(C)NCCN1CCCCC1CCO. The van der Waals surface area contributed by atoms with E-state index in [1.165, 1.54) is 25.8 Å². The second-order valence-electron chi connectivity index (χ2n) is 5.87. The van der Waals surface area contributed by atoms with Crippen molar-refractivity contribution in [1.82, 2.24) is 10.2 Å². The van der Waals surface area contributed by atoms with Gasteiger partial charge in [0.2, 0.25) is 0 Å². The third kappa shape index (κ3) is 5.28. The van der Waals surface area contributed by atoms with Gasteiger partial charge in [0.05, 0.1) is 0 Å². The van der Waals surface area contributed by atoms with Crippen LogP contribution in [0.3, 0.4) is 0 Å². The highest BCUT2D eigenvalue weighted by molar-refractivity contribution is 4.78. The molecule has 0 bridgehead atoms. The van der Waals surface area contributed by atoms with Crippen LogP contribution in [0.2, 0.25) is 0 Å². The van der Waals surface area contributed by atoms with Crippen molar-refractivity contribution < 1.29 is 5.11 Å². The third-order valence-electron chi connectivity index (χ3n) is 3.27. The van der Waals surface area contributed by atoms with E-state index < -0.39 is 0 Å². The molecular formula is C13H28N2O. The first-order valence-electron chi connectivity index (χ1n) is 6.63. The van der Waals surface area contributed by atoms with Crippen LogP contribution in [0, 0.1) is 0 Å². The Morgan fingerprint density at radius 1 is 1.31 bits per heavy atom. The Morgan fingerprint density at radius 2 is 2.06 bits per heavy atom. The second kappa shape index (κ2) is 6.58. The van der Waals surface area contributed by atoms with E-state index in [4.69, 9.17) is 5.11 Å².